The van der Waals surface area contributed by atoms with E-state index in [1.165, 1.54) is 0 Å². The highest BCUT2D eigenvalue weighted by Gasteiger charge is 2.17. The number of nitrogens with one attached hydrogen (secondary N) is 1. The number of hydrogen-bond acceptors (Lipinski definition) is 4. The molecule has 0 aromatic carbocycles. The molecule has 98 valence electrons. The van der Waals surface area contributed by atoms with Crippen molar-refractivity contribution >= 4 is 5.95 Å². The van der Waals surface area contributed by atoms with E-state index in [9.17, 15) is 0 Å². The van der Waals surface area contributed by atoms with Crippen LogP contribution in [0.25, 0.3) is 0 Å². The van der Waals surface area contributed by atoms with E-state index in [0.29, 0.717) is 6.04 Å². The van der Waals surface area contributed by atoms with Crippen LogP contribution in [0.1, 0.15) is 38.3 Å². The number of aromatic nitrogens is 5. The van der Waals surface area contributed by atoms with E-state index < -0.39 is 0 Å². The second-order valence-electron chi connectivity index (χ2n) is 4.89. The Labute approximate surface area is 107 Å². The molecule has 0 aliphatic carbocycles. The zero-order valence-corrected chi connectivity index (χ0v) is 11.5. The van der Waals surface area contributed by atoms with Gasteiger partial charge in [-0.2, -0.15) is 0 Å². The predicted molar refractivity (Wildman–Crippen MR) is 70.5 cm³/mol. The molecule has 1 atom stereocenters. The molecule has 0 aliphatic rings. The second kappa shape index (κ2) is 4.80. The molecule has 0 amide bonds. The standard InChI is InChI=1S/C12H20N6/c1-8(2)14-12-15-9(3)6-18(12)10(4)11-16-13-7-17(11)5/h6-8,10H,1-5H3,(H,14,15). The molecule has 0 radical (unpaired) electrons. The highest BCUT2D eigenvalue weighted by molar-refractivity contribution is 5.31. The van der Waals surface area contributed by atoms with Gasteiger partial charge in [-0.25, -0.2) is 4.98 Å². The lowest BCUT2D eigenvalue weighted by Crippen LogP contribution is -2.18. The van der Waals surface area contributed by atoms with Gasteiger partial charge in [-0.1, -0.05) is 0 Å². The van der Waals surface area contributed by atoms with Gasteiger partial charge >= 0.3 is 0 Å². The Morgan fingerprint density at radius 3 is 2.56 bits per heavy atom. The number of rotatable bonds is 4. The fourth-order valence-electron chi connectivity index (χ4n) is 1.97. The lowest BCUT2D eigenvalue weighted by atomic mass is 10.3. The molecule has 0 saturated heterocycles. The van der Waals surface area contributed by atoms with Crippen LogP contribution in [0.15, 0.2) is 12.5 Å². The third-order valence-corrected chi connectivity index (χ3v) is 2.81. The number of hydrogen-bond donors (Lipinski definition) is 1. The molecule has 1 N–H and O–H groups in total. The maximum absolute atomic E-state index is 4.51. The van der Waals surface area contributed by atoms with Crippen LogP contribution in [0.4, 0.5) is 5.95 Å². The summed E-state index contributed by atoms with van der Waals surface area (Å²) in [7, 11) is 1.95. The van der Waals surface area contributed by atoms with Gasteiger partial charge in [0.25, 0.3) is 0 Å². The van der Waals surface area contributed by atoms with Gasteiger partial charge in [-0.15, -0.1) is 10.2 Å². The fourth-order valence-corrected chi connectivity index (χ4v) is 1.97. The monoisotopic (exact) mass is 248 g/mol. The minimum Gasteiger partial charge on any atom is -0.353 e. The second-order valence-corrected chi connectivity index (χ2v) is 4.89. The third-order valence-electron chi connectivity index (χ3n) is 2.81. The SMILES string of the molecule is Cc1cn(C(C)c2nncn2C)c(NC(C)C)n1. The first-order valence-electron chi connectivity index (χ1n) is 6.15. The van der Waals surface area contributed by atoms with Gasteiger partial charge < -0.3 is 14.5 Å². The number of anilines is 1. The molecule has 0 fully saturated rings. The molecular formula is C12H20N6. The number of aryl methyl sites for hydroxylation is 2. The molecule has 2 aromatic heterocycles. The van der Waals surface area contributed by atoms with Crippen molar-refractivity contribution in [1.82, 2.24) is 24.3 Å². The van der Waals surface area contributed by atoms with Crippen LogP contribution in [-0.2, 0) is 7.05 Å². The van der Waals surface area contributed by atoms with Crippen LogP contribution in [0.3, 0.4) is 0 Å². The van der Waals surface area contributed by atoms with E-state index >= 15 is 0 Å². The summed E-state index contributed by atoms with van der Waals surface area (Å²) in [5, 5.41) is 11.4. The fraction of sp³-hybridized carbons (Fsp3) is 0.583. The summed E-state index contributed by atoms with van der Waals surface area (Å²) in [6.07, 6.45) is 3.75. The van der Waals surface area contributed by atoms with Crippen LogP contribution in [-0.4, -0.2) is 30.4 Å². The largest absolute Gasteiger partial charge is 0.353 e. The smallest absolute Gasteiger partial charge is 0.203 e. The molecule has 0 saturated carbocycles. The van der Waals surface area contributed by atoms with E-state index in [-0.39, 0.29) is 6.04 Å². The van der Waals surface area contributed by atoms with Gasteiger partial charge in [0.15, 0.2) is 5.82 Å². The van der Waals surface area contributed by atoms with Crippen molar-refractivity contribution in [2.24, 2.45) is 7.05 Å². The number of imidazole rings is 1. The minimum atomic E-state index is 0.0972. The molecule has 2 rings (SSSR count). The van der Waals surface area contributed by atoms with E-state index in [2.05, 4.69) is 45.8 Å². The van der Waals surface area contributed by atoms with E-state index in [1.807, 2.05) is 24.7 Å². The summed E-state index contributed by atoms with van der Waals surface area (Å²) >= 11 is 0. The van der Waals surface area contributed by atoms with Crippen LogP contribution in [0.2, 0.25) is 0 Å². The van der Waals surface area contributed by atoms with Crippen molar-refractivity contribution in [1.29, 1.82) is 0 Å². The average molecular weight is 248 g/mol. The van der Waals surface area contributed by atoms with Crippen molar-refractivity contribution in [3.8, 4) is 0 Å². The maximum atomic E-state index is 4.51. The Bertz CT molecular complexity index is 524. The first kappa shape index (κ1) is 12.6. The van der Waals surface area contributed by atoms with E-state index in [1.54, 1.807) is 6.33 Å². The highest BCUT2D eigenvalue weighted by Crippen LogP contribution is 2.21. The molecular weight excluding hydrogens is 228 g/mol. The summed E-state index contributed by atoms with van der Waals surface area (Å²) < 4.78 is 4.03. The van der Waals surface area contributed by atoms with Gasteiger partial charge in [-0.3, -0.25) is 0 Å². The quantitative estimate of drug-likeness (QED) is 0.895. The molecule has 1 unspecified atom stereocenters. The van der Waals surface area contributed by atoms with Crippen molar-refractivity contribution in [3.05, 3.63) is 24.0 Å². The Hall–Kier alpha value is -1.85. The van der Waals surface area contributed by atoms with Crippen LogP contribution >= 0.6 is 0 Å². The summed E-state index contributed by atoms with van der Waals surface area (Å²) in [5.41, 5.74) is 0.993. The molecule has 0 spiro atoms. The summed E-state index contributed by atoms with van der Waals surface area (Å²) in [5.74, 6) is 1.79. The molecule has 2 heterocycles. The van der Waals surface area contributed by atoms with Crippen molar-refractivity contribution in [3.63, 3.8) is 0 Å². The van der Waals surface area contributed by atoms with E-state index in [4.69, 9.17) is 0 Å². The molecule has 6 heteroatoms. The van der Waals surface area contributed by atoms with Crippen molar-refractivity contribution in [2.45, 2.75) is 39.8 Å². The lowest BCUT2D eigenvalue weighted by molar-refractivity contribution is 0.575. The summed E-state index contributed by atoms with van der Waals surface area (Å²) in [6.45, 7) is 8.28. The van der Waals surface area contributed by atoms with Gasteiger partial charge in [0.1, 0.15) is 6.33 Å². The Morgan fingerprint density at radius 2 is 2.00 bits per heavy atom. The first-order valence-corrected chi connectivity index (χ1v) is 6.15. The van der Waals surface area contributed by atoms with Gasteiger partial charge in [-0.05, 0) is 27.7 Å². The van der Waals surface area contributed by atoms with Crippen LogP contribution < -0.4 is 5.32 Å². The highest BCUT2D eigenvalue weighted by atomic mass is 15.3. The Balaban J connectivity index is 2.35. The van der Waals surface area contributed by atoms with Gasteiger partial charge in [0.05, 0.1) is 11.7 Å². The minimum absolute atomic E-state index is 0.0972. The zero-order chi connectivity index (χ0) is 13.3. The Morgan fingerprint density at radius 1 is 1.28 bits per heavy atom. The third kappa shape index (κ3) is 2.37. The zero-order valence-electron chi connectivity index (χ0n) is 11.5. The van der Waals surface area contributed by atoms with Crippen molar-refractivity contribution < 1.29 is 0 Å². The van der Waals surface area contributed by atoms with Gasteiger partial charge in [0, 0.05) is 19.3 Å². The topological polar surface area (TPSA) is 60.6 Å². The first-order chi connectivity index (χ1) is 8.49. The molecule has 0 bridgehead atoms. The average Bonchev–Trinajstić information content (AvgIpc) is 2.83. The molecule has 6 nitrogen and oxygen atoms in total. The van der Waals surface area contributed by atoms with Crippen LogP contribution in [0.5, 0.6) is 0 Å². The van der Waals surface area contributed by atoms with E-state index in [0.717, 1.165) is 17.5 Å². The molecule has 0 aliphatic heterocycles. The molecule has 2 aromatic rings. The maximum Gasteiger partial charge on any atom is 0.203 e. The van der Waals surface area contributed by atoms with Crippen LogP contribution in [0, 0.1) is 6.92 Å². The predicted octanol–water partition coefficient (Wildman–Crippen LogP) is 1.75. The van der Waals surface area contributed by atoms with Gasteiger partial charge in [0.2, 0.25) is 5.95 Å². The Kier molecular flexibility index (Phi) is 3.36. The molecule has 18 heavy (non-hydrogen) atoms. The lowest BCUT2D eigenvalue weighted by Gasteiger charge is -2.17. The summed E-state index contributed by atoms with van der Waals surface area (Å²) in [4.78, 5) is 4.51. The summed E-state index contributed by atoms with van der Waals surface area (Å²) in [6, 6.07) is 0.442. The normalized spacial score (nSPS) is 13.0. The number of nitrogens with zero attached hydrogens (tertiary/aromatic N) is 5. The van der Waals surface area contributed by atoms with Crippen molar-refractivity contribution in [2.75, 3.05) is 5.32 Å².